The van der Waals surface area contributed by atoms with E-state index >= 15 is 0 Å². The van der Waals surface area contributed by atoms with E-state index in [2.05, 4.69) is 30.3 Å². The highest BCUT2D eigenvalue weighted by Crippen LogP contribution is 2.05. The Balaban J connectivity index is 3.75. The van der Waals surface area contributed by atoms with Crippen LogP contribution in [0.1, 0.15) is 26.2 Å². The molecule has 0 aliphatic heterocycles. The fourth-order valence-corrected chi connectivity index (χ4v) is 1.09. The number of unbranched alkanes of at least 4 members (excludes halogenated alkanes) is 1. The molecule has 3 heteroatoms. The van der Waals surface area contributed by atoms with Crippen LogP contribution < -0.4 is 5.73 Å². The molecular formula is C9H19N3. The van der Waals surface area contributed by atoms with Crippen molar-refractivity contribution in [3.05, 3.63) is 0 Å². The lowest BCUT2D eigenvalue weighted by atomic mass is 10.0. The van der Waals surface area contributed by atoms with Gasteiger partial charge in [0.1, 0.15) is 0 Å². The van der Waals surface area contributed by atoms with Crippen molar-refractivity contribution < 1.29 is 0 Å². The van der Waals surface area contributed by atoms with Crippen molar-refractivity contribution in [1.29, 1.82) is 0 Å². The van der Waals surface area contributed by atoms with Crippen LogP contribution in [0.5, 0.6) is 0 Å². The average Bonchev–Trinajstić information content (AvgIpc) is 2.10. The summed E-state index contributed by atoms with van der Waals surface area (Å²) in [6.07, 6.45) is 3.30. The number of aliphatic imine (C=N–C) groups is 2. The topological polar surface area (TPSA) is 50.7 Å². The molecule has 0 aliphatic carbocycles. The molecule has 12 heavy (non-hydrogen) atoms. The second-order valence-electron chi connectivity index (χ2n) is 2.96. The molecule has 0 saturated carbocycles. The first-order valence-electron chi connectivity index (χ1n) is 4.40. The number of nitrogens with zero attached hydrogens (tertiary/aromatic N) is 2. The standard InChI is InChI=1S/C9H19N3/c1-4-5-6-8(10)9(12-3)7-11-2/h8-9H,2-7,10H2,1H3. The van der Waals surface area contributed by atoms with Gasteiger partial charge in [0.15, 0.2) is 0 Å². The van der Waals surface area contributed by atoms with Crippen molar-refractivity contribution in [3.63, 3.8) is 0 Å². The van der Waals surface area contributed by atoms with Gasteiger partial charge < -0.3 is 5.73 Å². The Bertz CT molecular complexity index is 134. The summed E-state index contributed by atoms with van der Waals surface area (Å²) in [7, 11) is 0. The highest BCUT2D eigenvalue weighted by Gasteiger charge is 2.13. The van der Waals surface area contributed by atoms with Gasteiger partial charge in [-0.3, -0.25) is 9.98 Å². The van der Waals surface area contributed by atoms with Crippen LogP contribution in [-0.4, -0.2) is 32.1 Å². The van der Waals surface area contributed by atoms with Gasteiger partial charge in [0.2, 0.25) is 0 Å². The highest BCUT2D eigenvalue weighted by atomic mass is 14.9. The maximum Gasteiger partial charge on any atom is 0.0837 e. The fraction of sp³-hybridized carbons (Fsp3) is 0.778. The van der Waals surface area contributed by atoms with Gasteiger partial charge in [0, 0.05) is 6.04 Å². The molecule has 70 valence electrons. The third-order valence-electron chi connectivity index (χ3n) is 1.94. The minimum absolute atomic E-state index is 0.0500. The molecule has 2 atom stereocenters. The molecule has 3 nitrogen and oxygen atoms in total. The summed E-state index contributed by atoms with van der Waals surface area (Å²) in [5, 5.41) is 0. The van der Waals surface area contributed by atoms with Crippen molar-refractivity contribution in [1.82, 2.24) is 0 Å². The molecule has 0 spiro atoms. The molecule has 0 radical (unpaired) electrons. The first kappa shape index (κ1) is 11.3. The smallest absolute Gasteiger partial charge is 0.0837 e. The van der Waals surface area contributed by atoms with Gasteiger partial charge in [-0.2, -0.15) is 0 Å². The van der Waals surface area contributed by atoms with Gasteiger partial charge >= 0.3 is 0 Å². The van der Waals surface area contributed by atoms with E-state index < -0.39 is 0 Å². The summed E-state index contributed by atoms with van der Waals surface area (Å²) >= 11 is 0. The van der Waals surface area contributed by atoms with Crippen LogP contribution >= 0.6 is 0 Å². The molecule has 2 N–H and O–H groups in total. The van der Waals surface area contributed by atoms with E-state index in [4.69, 9.17) is 5.73 Å². The fourth-order valence-electron chi connectivity index (χ4n) is 1.09. The van der Waals surface area contributed by atoms with Crippen molar-refractivity contribution in [2.75, 3.05) is 6.54 Å². The van der Waals surface area contributed by atoms with Crippen molar-refractivity contribution in [3.8, 4) is 0 Å². The monoisotopic (exact) mass is 169 g/mol. The SMILES string of the molecule is C=NCC(N=C)C(N)CCCC. The van der Waals surface area contributed by atoms with Crippen molar-refractivity contribution in [2.45, 2.75) is 38.3 Å². The van der Waals surface area contributed by atoms with Crippen LogP contribution in [0.4, 0.5) is 0 Å². The zero-order valence-corrected chi connectivity index (χ0v) is 7.87. The molecule has 0 saturated heterocycles. The third kappa shape index (κ3) is 4.23. The van der Waals surface area contributed by atoms with Crippen LogP contribution in [0.2, 0.25) is 0 Å². The van der Waals surface area contributed by atoms with E-state index in [1.165, 1.54) is 6.42 Å². The molecule has 0 amide bonds. The van der Waals surface area contributed by atoms with Crippen LogP contribution in [-0.2, 0) is 0 Å². The minimum Gasteiger partial charge on any atom is -0.326 e. The summed E-state index contributed by atoms with van der Waals surface area (Å²) in [4.78, 5) is 7.69. The Morgan fingerprint density at radius 2 is 2.08 bits per heavy atom. The minimum atomic E-state index is 0.0500. The molecule has 0 aromatic rings. The van der Waals surface area contributed by atoms with Gasteiger partial charge in [0.05, 0.1) is 12.6 Å². The lowest BCUT2D eigenvalue weighted by molar-refractivity contribution is 0.489. The summed E-state index contributed by atoms with van der Waals surface area (Å²) in [5.74, 6) is 0. The maximum absolute atomic E-state index is 5.88. The summed E-state index contributed by atoms with van der Waals surface area (Å²) in [5.41, 5.74) is 5.88. The summed E-state index contributed by atoms with van der Waals surface area (Å²) < 4.78 is 0. The van der Waals surface area contributed by atoms with E-state index in [-0.39, 0.29) is 12.1 Å². The number of nitrogens with two attached hydrogens (primary N) is 1. The van der Waals surface area contributed by atoms with Gasteiger partial charge in [-0.1, -0.05) is 19.8 Å². The van der Waals surface area contributed by atoms with Crippen molar-refractivity contribution in [2.24, 2.45) is 15.7 Å². The first-order valence-corrected chi connectivity index (χ1v) is 4.40. The van der Waals surface area contributed by atoms with E-state index in [1.54, 1.807) is 0 Å². The Hall–Kier alpha value is -0.700. The van der Waals surface area contributed by atoms with Gasteiger partial charge in [-0.25, -0.2) is 0 Å². The second kappa shape index (κ2) is 6.98. The molecular weight excluding hydrogens is 150 g/mol. The van der Waals surface area contributed by atoms with E-state index in [9.17, 15) is 0 Å². The van der Waals surface area contributed by atoms with Crippen LogP contribution in [0, 0.1) is 0 Å². The Morgan fingerprint density at radius 1 is 1.42 bits per heavy atom. The van der Waals surface area contributed by atoms with Crippen LogP contribution in [0.3, 0.4) is 0 Å². The lowest BCUT2D eigenvalue weighted by Crippen LogP contribution is -2.35. The van der Waals surface area contributed by atoms with Crippen LogP contribution in [0.15, 0.2) is 9.98 Å². The van der Waals surface area contributed by atoms with Gasteiger partial charge in [-0.15, -0.1) is 0 Å². The Labute approximate surface area is 74.8 Å². The van der Waals surface area contributed by atoms with E-state index in [1.807, 2.05) is 0 Å². The highest BCUT2D eigenvalue weighted by molar-refractivity contribution is 5.26. The molecule has 0 bridgehead atoms. The quantitative estimate of drug-likeness (QED) is 0.573. The summed E-state index contributed by atoms with van der Waals surface area (Å²) in [6.45, 7) is 9.65. The van der Waals surface area contributed by atoms with Crippen molar-refractivity contribution >= 4 is 13.4 Å². The Kier molecular flexibility index (Phi) is 6.57. The predicted molar refractivity (Wildman–Crippen MR) is 55.3 cm³/mol. The zero-order valence-electron chi connectivity index (χ0n) is 7.87. The van der Waals surface area contributed by atoms with E-state index in [0.717, 1.165) is 12.8 Å². The van der Waals surface area contributed by atoms with Gasteiger partial charge in [-0.05, 0) is 19.9 Å². The number of rotatable bonds is 7. The number of hydrogen-bond donors (Lipinski definition) is 1. The molecule has 0 rings (SSSR count). The van der Waals surface area contributed by atoms with E-state index in [0.29, 0.717) is 6.54 Å². The average molecular weight is 169 g/mol. The van der Waals surface area contributed by atoms with Gasteiger partial charge in [0.25, 0.3) is 0 Å². The predicted octanol–water partition coefficient (Wildman–Crippen LogP) is 1.27. The molecule has 0 aromatic carbocycles. The molecule has 0 heterocycles. The maximum atomic E-state index is 5.88. The molecule has 0 fully saturated rings. The normalized spacial score (nSPS) is 15.2. The first-order chi connectivity index (χ1) is 5.76. The third-order valence-corrected chi connectivity index (χ3v) is 1.94. The largest absolute Gasteiger partial charge is 0.326 e. The van der Waals surface area contributed by atoms with Crippen LogP contribution in [0.25, 0.3) is 0 Å². The Morgan fingerprint density at radius 3 is 2.50 bits per heavy atom. The second-order valence-corrected chi connectivity index (χ2v) is 2.96. The molecule has 0 aliphatic rings. The number of hydrogen-bond acceptors (Lipinski definition) is 3. The molecule has 0 aromatic heterocycles. The zero-order chi connectivity index (χ0) is 9.40. The molecule has 2 unspecified atom stereocenters. The summed E-state index contributed by atoms with van der Waals surface area (Å²) in [6, 6.07) is 0.141. The lowest BCUT2D eigenvalue weighted by Gasteiger charge is -2.17.